The van der Waals surface area contributed by atoms with Crippen molar-refractivity contribution in [3.8, 4) is 5.75 Å². The Morgan fingerprint density at radius 3 is 2.38 bits per heavy atom. The molecule has 2 N–H and O–H groups in total. The number of benzene rings is 1. The van der Waals surface area contributed by atoms with Crippen LogP contribution in [0.5, 0.6) is 5.75 Å². The lowest BCUT2D eigenvalue weighted by molar-refractivity contribution is 0.404. The second-order valence-corrected chi connectivity index (χ2v) is 4.17. The molecule has 0 saturated heterocycles. The molecule has 1 aromatic rings. The summed E-state index contributed by atoms with van der Waals surface area (Å²) in [7, 11) is 1.69. The van der Waals surface area contributed by atoms with Gasteiger partial charge in [0.25, 0.3) is 0 Å². The van der Waals surface area contributed by atoms with Crippen LogP contribution in [0.25, 0.3) is 0 Å². The zero-order valence-electron chi connectivity index (χ0n) is 10.5. The van der Waals surface area contributed by atoms with Crippen LogP contribution in [0.15, 0.2) is 18.2 Å². The zero-order valence-corrected chi connectivity index (χ0v) is 11.3. The van der Waals surface area contributed by atoms with Crippen molar-refractivity contribution in [2.75, 3.05) is 7.11 Å². The third-order valence-corrected chi connectivity index (χ3v) is 2.76. The van der Waals surface area contributed by atoms with Crippen LogP contribution in [0.1, 0.15) is 50.3 Å². The summed E-state index contributed by atoms with van der Waals surface area (Å²) in [4.78, 5) is 0. The molecule has 1 rings (SSSR count). The van der Waals surface area contributed by atoms with Gasteiger partial charge in [-0.05, 0) is 24.0 Å². The normalized spacial score (nSPS) is 12.1. The van der Waals surface area contributed by atoms with Gasteiger partial charge in [-0.25, -0.2) is 0 Å². The summed E-state index contributed by atoms with van der Waals surface area (Å²) in [6, 6.07) is 6.35. The molecule has 0 aliphatic rings. The van der Waals surface area contributed by atoms with Crippen molar-refractivity contribution >= 4 is 12.4 Å². The minimum atomic E-state index is 0. The molecule has 0 unspecified atom stereocenters. The molecule has 0 fully saturated rings. The van der Waals surface area contributed by atoms with Gasteiger partial charge >= 0.3 is 0 Å². The Balaban J connectivity index is 0.00000225. The Kier molecular flexibility index (Phi) is 6.46. The summed E-state index contributed by atoms with van der Waals surface area (Å²) in [5.74, 6) is 1.42. The number of nitrogens with two attached hydrogens (primary N) is 1. The van der Waals surface area contributed by atoms with Crippen molar-refractivity contribution in [1.29, 1.82) is 0 Å². The smallest absolute Gasteiger partial charge is 0.123 e. The van der Waals surface area contributed by atoms with Crippen LogP contribution in [0.4, 0.5) is 0 Å². The topological polar surface area (TPSA) is 35.2 Å². The van der Waals surface area contributed by atoms with Crippen LogP contribution in [0.3, 0.4) is 0 Å². The Bertz CT molecular complexity index is 326. The molecule has 0 amide bonds. The predicted octanol–water partition coefficient (Wildman–Crippen LogP) is 3.65. The lowest BCUT2D eigenvalue weighted by Gasteiger charge is -2.16. The van der Waals surface area contributed by atoms with E-state index in [1.807, 2.05) is 6.07 Å². The summed E-state index contributed by atoms with van der Waals surface area (Å²) < 4.78 is 5.32. The van der Waals surface area contributed by atoms with E-state index in [4.69, 9.17) is 10.5 Å². The van der Waals surface area contributed by atoms with E-state index in [0.717, 1.165) is 17.7 Å². The van der Waals surface area contributed by atoms with E-state index in [1.54, 1.807) is 7.11 Å². The van der Waals surface area contributed by atoms with E-state index < -0.39 is 0 Å². The highest BCUT2D eigenvalue weighted by atomic mass is 35.5. The Morgan fingerprint density at radius 2 is 1.94 bits per heavy atom. The van der Waals surface area contributed by atoms with E-state index in [9.17, 15) is 0 Å². The summed E-state index contributed by atoms with van der Waals surface area (Å²) >= 11 is 0. The molecule has 0 spiro atoms. The van der Waals surface area contributed by atoms with Gasteiger partial charge in [0.2, 0.25) is 0 Å². The van der Waals surface area contributed by atoms with Crippen LogP contribution < -0.4 is 10.5 Å². The van der Waals surface area contributed by atoms with Crippen molar-refractivity contribution in [2.45, 2.75) is 39.2 Å². The fraction of sp³-hybridized carbons (Fsp3) is 0.538. The third kappa shape index (κ3) is 3.39. The highest BCUT2D eigenvalue weighted by molar-refractivity contribution is 5.85. The fourth-order valence-corrected chi connectivity index (χ4v) is 1.62. The lowest BCUT2D eigenvalue weighted by Crippen LogP contribution is -2.10. The SMILES string of the molecule is CC[C@H](N)c1cc(C(C)C)ccc1OC.Cl. The van der Waals surface area contributed by atoms with Crippen molar-refractivity contribution in [3.63, 3.8) is 0 Å². The number of hydrogen-bond donors (Lipinski definition) is 1. The molecule has 0 aromatic heterocycles. The maximum Gasteiger partial charge on any atom is 0.123 e. The minimum absolute atomic E-state index is 0. The van der Waals surface area contributed by atoms with Crippen LogP contribution in [0.2, 0.25) is 0 Å². The van der Waals surface area contributed by atoms with Crippen molar-refractivity contribution in [1.82, 2.24) is 0 Å². The quantitative estimate of drug-likeness (QED) is 0.876. The average Bonchev–Trinajstić information content (AvgIpc) is 2.27. The van der Waals surface area contributed by atoms with Crippen molar-refractivity contribution < 1.29 is 4.74 Å². The zero-order chi connectivity index (χ0) is 11.4. The standard InChI is InChI=1S/C13H21NO.ClH/c1-5-12(14)11-8-10(9(2)3)6-7-13(11)15-4;/h6-9,12H,5,14H2,1-4H3;1H/t12-;/m0./s1. The number of methoxy groups -OCH3 is 1. The van der Waals surface area contributed by atoms with Gasteiger partial charge in [-0.15, -0.1) is 12.4 Å². The van der Waals surface area contributed by atoms with E-state index in [0.29, 0.717) is 5.92 Å². The van der Waals surface area contributed by atoms with Gasteiger partial charge in [-0.3, -0.25) is 0 Å². The molecule has 0 heterocycles. The first-order chi connectivity index (χ1) is 7.10. The third-order valence-electron chi connectivity index (χ3n) is 2.76. The molecule has 0 aliphatic carbocycles. The number of rotatable bonds is 4. The summed E-state index contributed by atoms with van der Waals surface area (Å²) in [6.07, 6.45) is 0.928. The molecule has 92 valence electrons. The van der Waals surface area contributed by atoms with E-state index in [1.165, 1.54) is 5.56 Å². The number of halogens is 1. The Hall–Kier alpha value is -0.730. The molecule has 3 heteroatoms. The molecule has 0 aliphatic heterocycles. The summed E-state index contributed by atoms with van der Waals surface area (Å²) in [5, 5.41) is 0. The lowest BCUT2D eigenvalue weighted by atomic mass is 9.96. The molecule has 1 atom stereocenters. The molecule has 0 saturated carbocycles. The first kappa shape index (κ1) is 15.3. The van der Waals surface area contributed by atoms with Crippen molar-refractivity contribution in [3.05, 3.63) is 29.3 Å². The van der Waals surface area contributed by atoms with Gasteiger partial charge in [0.05, 0.1) is 7.11 Å². The minimum Gasteiger partial charge on any atom is -0.496 e. The molecule has 2 nitrogen and oxygen atoms in total. The Morgan fingerprint density at radius 1 is 1.31 bits per heavy atom. The largest absolute Gasteiger partial charge is 0.496 e. The number of ether oxygens (including phenoxy) is 1. The van der Waals surface area contributed by atoms with Gasteiger partial charge in [0, 0.05) is 11.6 Å². The van der Waals surface area contributed by atoms with Gasteiger partial charge in [0.15, 0.2) is 0 Å². The molecule has 16 heavy (non-hydrogen) atoms. The molecule has 0 radical (unpaired) electrons. The van der Waals surface area contributed by atoms with Crippen LogP contribution in [0, 0.1) is 0 Å². The van der Waals surface area contributed by atoms with Crippen LogP contribution >= 0.6 is 12.4 Å². The summed E-state index contributed by atoms with van der Waals surface area (Å²) in [6.45, 7) is 6.46. The van der Waals surface area contributed by atoms with Gasteiger partial charge < -0.3 is 10.5 Å². The van der Waals surface area contributed by atoms with E-state index in [2.05, 4.69) is 32.9 Å². The van der Waals surface area contributed by atoms with Crippen LogP contribution in [-0.2, 0) is 0 Å². The molecular weight excluding hydrogens is 222 g/mol. The fourth-order valence-electron chi connectivity index (χ4n) is 1.62. The first-order valence-electron chi connectivity index (χ1n) is 5.53. The van der Waals surface area contributed by atoms with E-state index in [-0.39, 0.29) is 18.4 Å². The summed E-state index contributed by atoms with van der Waals surface area (Å²) in [5.41, 5.74) is 8.49. The number of hydrogen-bond acceptors (Lipinski definition) is 2. The molecular formula is C13H22ClNO. The second kappa shape index (κ2) is 6.77. The Labute approximate surface area is 105 Å². The van der Waals surface area contributed by atoms with Gasteiger partial charge in [0.1, 0.15) is 5.75 Å². The molecule has 0 bridgehead atoms. The highest BCUT2D eigenvalue weighted by Gasteiger charge is 2.11. The maximum absolute atomic E-state index is 6.06. The van der Waals surface area contributed by atoms with E-state index >= 15 is 0 Å². The molecule has 1 aromatic carbocycles. The first-order valence-corrected chi connectivity index (χ1v) is 5.53. The highest BCUT2D eigenvalue weighted by Crippen LogP contribution is 2.29. The second-order valence-electron chi connectivity index (χ2n) is 4.17. The maximum atomic E-state index is 6.06. The van der Waals surface area contributed by atoms with Crippen LogP contribution in [-0.4, -0.2) is 7.11 Å². The predicted molar refractivity (Wildman–Crippen MR) is 71.6 cm³/mol. The van der Waals surface area contributed by atoms with Crippen molar-refractivity contribution in [2.24, 2.45) is 5.73 Å². The van der Waals surface area contributed by atoms with Gasteiger partial charge in [-0.2, -0.15) is 0 Å². The van der Waals surface area contributed by atoms with Gasteiger partial charge in [-0.1, -0.05) is 32.9 Å². The average molecular weight is 244 g/mol. The monoisotopic (exact) mass is 243 g/mol.